The Morgan fingerprint density at radius 1 is 1.60 bits per heavy atom. The van der Waals surface area contributed by atoms with Crippen LogP contribution in [0.1, 0.15) is 19.8 Å². The standard InChI is InChI=1S/C12H20N4O2S2/c1-3-18-11(17)13-10-14-15-12(20-10)19-8-9-5-4-6-16(2)7-9/h9H,3-8H2,1-2H3,(H,13,14,17)/t9-/m0/s1. The van der Waals surface area contributed by atoms with Gasteiger partial charge in [0.05, 0.1) is 6.61 Å². The normalized spacial score (nSPS) is 19.8. The molecule has 0 aromatic carbocycles. The zero-order chi connectivity index (χ0) is 14.4. The molecule has 0 radical (unpaired) electrons. The first-order valence-electron chi connectivity index (χ1n) is 6.76. The first kappa shape index (κ1) is 15.5. The summed E-state index contributed by atoms with van der Waals surface area (Å²) in [6.45, 7) is 4.47. The SMILES string of the molecule is CCOC(=O)Nc1nnc(SC[C@H]2CCCN(C)C2)s1. The number of hydrogen-bond acceptors (Lipinski definition) is 7. The Bertz CT molecular complexity index is 441. The number of hydrogen-bond donors (Lipinski definition) is 1. The zero-order valence-electron chi connectivity index (χ0n) is 11.8. The van der Waals surface area contributed by atoms with Crippen molar-refractivity contribution in [2.75, 3.05) is 37.8 Å². The van der Waals surface area contributed by atoms with Gasteiger partial charge < -0.3 is 9.64 Å². The van der Waals surface area contributed by atoms with Crippen LogP contribution in [0.4, 0.5) is 9.93 Å². The van der Waals surface area contributed by atoms with Crippen molar-refractivity contribution in [1.82, 2.24) is 15.1 Å². The van der Waals surface area contributed by atoms with Crippen molar-refractivity contribution in [2.24, 2.45) is 5.92 Å². The number of amides is 1. The molecule has 1 saturated heterocycles. The average molecular weight is 316 g/mol. The summed E-state index contributed by atoms with van der Waals surface area (Å²) in [4.78, 5) is 13.6. The number of ether oxygens (including phenoxy) is 1. The molecule has 20 heavy (non-hydrogen) atoms. The Labute approximate surface area is 127 Å². The van der Waals surface area contributed by atoms with Gasteiger partial charge in [0, 0.05) is 12.3 Å². The van der Waals surface area contributed by atoms with Crippen LogP contribution in [0.3, 0.4) is 0 Å². The zero-order valence-corrected chi connectivity index (χ0v) is 13.4. The van der Waals surface area contributed by atoms with Gasteiger partial charge in [-0.25, -0.2) is 4.79 Å². The minimum absolute atomic E-state index is 0.349. The Morgan fingerprint density at radius 3 is 3.20 bits per heavy atom. The fourth-order valence-corrected chi connectivity index (χ4v) is 4.06. The van der Waals surface area contributed by atoms with Crippen molar-refractivity contribution in [3.8, 4) is 0 Å². The molecule has 1 aliphatic heterocycles. The fourth-order valence-electron chi connectivity index (χ4n) is 2.17. The number of carbonyl (C=O) groups excluding carboxylic acids is 1. The Kier molecular flexibility index (Phi) is 6.06. The van der Waals surface area contributed by atoms with E-state index in [2.05, 4.69) is 27.5 Å². The van der Waals surface area contributed by atoms with Gasteiger partial charge in [0.15, 0.2) is 4.34 Å². The number of carbonyl (C=O) groups is 1. The number of nitrogens with zero attached hydrogens (tertiary/aromatic N) is 3. The van der Waals surface area contributed by atoms with E-state index in [9.17, 15) is 4.79 Å². The second-order valence-corrected chi connectivity index (χ2v) is 7.04. The molecule has 1 fully saturated rings. The number of piperidine rings is 1. The summed E-state index contributed by atoms with van der Waals surface area (Å²) in [6, 6.07) is 0. The summed E-state index contributed by atoms with van der Waals surface area (Å²) in [5.74, 6) is 1.77. The van der Waals surface area contributed by atoms with Crippen LogP contribution in [0.2, 0.25) is 0 Å². The third-order valence-electron chi connectivity index (χ3n) is 3.06. The smallest absolute Gasteiger partial charge is 0.413 e. The molecule has 2 heterocycles. The molecule has 2 rings (SSSR count). The van der Waals surface area contributed by atoms with Gasteiger partial charge in [0.2, 0.25) is 5.13 Å². The maximum Gasteiger partial charge on any atom is 0.413 e. The van der Waals surface area contributed by atoms with Gasteiger partial charge in [0.1, 0.15) is 0 Å². The number of rotatable bonds is 5. The summed E-state index contributed by atoms with van der Waals surface area (Å²) >= 11 is 3.11. The summed E-state index contributed by atoms with van der Waals surface area (Å²) in [7, 11) is 2.17. The largest absolute Gasteiger partial charge is 0.450 e. The molecule has 1 N–H and O–H groups in total. The van der Waals surface area contributed by atoms with Crippen LogP contribution in [0.5, 0.6) is 0 Å². The second kappa shape index (κ2) is 7.80. The van der Waals surface area contributed by atoms with Crippen LogP contribution in [0.15, 0.2) is 4.34 Å². The van der Waals surface area contributed by atoms with Gasteiger partial charge in [-0.2, -0.15) is 0 Å². The van der Waals surface area contributed by atoms with E-state index in [1.54, 1.807) is 18.7 Å². The van der Waals surface area contributed by atoms with E-state index in [1.165, 1.54) is 30.7 Å². The fraction of sp³-hybridized carbons (Fsp3) is 0.750. The highest BCUT2D eigenvalue weighted by Crippen LogP contribution is 2.29. The molecule has 6 nitrogen and oxygen atoms in total. The summed E-state index contributed by atoms with van der Waals surface area (Å²) in [5, 5.41) is 11.1. The van der Waals surface area contributed by atoms with E-state index in [0.29, 0.717) is 17.7 Å². The van der Waals surface area contributed by atoms with Crippen molar-refractivity contribution < 1.29 is 9.53 Å². The second-order valence-electron chi connectivity index (χ2n) is 4.80. The van der Waals surface area contributed by atoms with Gasteiger partial charge in [-0.15, -0.1) is 10.2 Å². The first-order chi connectivity index (χ1) is 9.67. The van der Waals surface area contributed by atoms with E-state index < -0.39 is 6.09 Å². The predicted octanol–water partition coefficient (Wildman–Crippen LogP) is 2.54. The topological polar surface area (TPSA) is 67.3 Å². The third-order valence-corrected chi connectivity index (χ3v) is 5.26. The molecule has 1 amide bonds. The maximum atomic E-state index is 11.3. The van der Waals surface area contributed by atoms with Crippen LogP contribution in [-0.2, 0) is 4.74 Å². The highest BCUT2D eigenvalue weighted by Gasteiger charge is 2.18. The lowest BCUT2D eigenvalue weighted by atomic mass is 10.0. The molecule has 1 aromatic rings. The van der Waals surface area contributed by atoms with E-state index in [1.807, 2.05) is 0 Å². The summed E-state index contributed by atoms with van der Waals surface area (Å²) in [6.07, 6.45) is 2.08. The van der Waals surface area contributed by atoms with Gasteiger partial charge in [-0.1, -0.05) is 23.1 Å². The Hall–Kier alpha value is -0.860. The quantitative estimate of drug-likeness (QED) is 0.665. The molecule has 0 saturated carbocycles. The number of nitrogens with one attached hydrogen (secondary N) is 1. The molecule has 112 valence electrons. The lowest BCUT2D eigenvalue weighted by Gasteiger charge is -2.29. The first-order valence-corrected chi connectivity index (χ1v) is 8.56. The highest BCUT2D eigenvalue weighted by atomic mass is 32.2. The molecular formula is C12H20N4O2S2. The molecular weight excluding hydrogens is 296 g/mol. The summed E-state index contributed by atoms with van der Waals surface area (Å²) < 4.78 is 5.69. The van der Waals surface area contributed by atoms with E-state index >= 15 is 0 Å². The minimum atomic E-state index is -0.478. The third kappa shape index (κ3) is 4.92. The molecule has 0 bridgehead atoms. The van der Waals surface area contributed by atoms with Crippen LogP contribution in [0, 0.1) is 5.92 Å². The molecule has 0 aliphatic carbocycles. The number of likely N-dealkylation sites (tertiary alicyclic amines) is 1. The molecule has 0 spiro atoms. The molecule has 1 aromatic heterocycles. The monoisotopic (exact) mass is 316 g/mol. The summed E-state index contributed by atoms with van der Waals surface area (Å²) in [5.41, 5.74) is 0. The Balaban J connectivity index is 1.76. The van der Waals surface area contributed by atoms with Crippen molar-refractivity contribution in [3.63, 3.8) is 0 Å². The van der Waals surface area contributed by atoms with E-state index in [0.717, 1.165) is 16.6 Å². The van der Waals surface area contributed by atoms with Gasteiger partial charge in [0.25, 0.3) is 0 Å². The van der Waals surface area contributed by atoms with Crippen LogP contribution < -0.4 is 5.32 Å². The van der Waals surface area contributed by atoms with E-state index in [4.69, 9.17) is 4.74 Å². The van der Waals surface area contributed by atoms with Gasteiger partial charge in [-0.3, -0.25) is 5.32 Å². The Morgan fingerprint density at radius 2 is 2.45 bits per heavy atom. The van der Waals surface area contributed by atoms with Crippen LogP contribution in [0.25, 0.3) is 0 Å². The van der Waals surface area contributed by atoms with Crippen LogP contribution in [-0.4, -0.2) is 53.7 Å². The molecule has 1 aliphatic rings. The lowest BCUT2D eigenvalue weighted by Crippen LogP contribution is -2.33. The molecule has 1 atom stereocenters. The molecule has 0 unspecified atom stereocenters. The van der Waals surface area contributed by atoms with Gasteiger partial charge >= 0.3 is 6.09 Å². The van der Waals surface area contributed by atoms with Crippen molar-refractivity contribution >= 4 is 34.3 Å². The highest BCUT2D eigenvalue weighted by molar-refractivity contribution is 8.01. The lowest BCUT2D eigenvalue weighted by molar-refractivity contribution is 0.168. The molecule has 8 heteroatoms. The number of thioether (sulfide) groups is 1. The number of anilines is 1. The maximum absolute atomic E-state index is 11.3. The predicted molar refractivity (Wildman–Crippen MR) is 81.5 cm³/mol. The minimum Gasteiger partial charge on any atom is -0.450 e. The number of aromatic nitrogens is 2. The van der Waals surface area contributed by atoms with E-state index in [-0.39, 0.29) is 0 Å². The van der Waals surface area contributed by atoms with Crippen LogP contribution >= 0.6 is 23.1 Å². The van der Waals surface area contributed by atoms with Gasteiger partial charge in [-0.05, 0) is 39.3 Å². The average Bonchev–Trinajstić information content (AvgIpc) is 2.84. The van der Waals surface area contributed by atoms with Crippen molar-refractivity contribution in [3.05, 3.63) is 0 Å². The van der Waals surface area contributed by atoms with Crippen molar-refractivity contribution in [1.29, 1.82) is 0 Å². The van der Waals surface area contributed by atoms with Crippen molar-refractivity contribution in [2.45, 2.75) is 24.1 Å².